The molecule has 0 spiro atoms. The van der Waals surface area contributed by atoms with Crippen molar-refractivity contribution in [3.63, 3.8) is 0 Å². The average Bonchev–Trinajstić information content (AvgIpc) is 3.12. The Bertz CT molecular complexity index is 1070. The Morgan fingerprint density at radius 2 is 1.70 bits per heavy atom. The lowest BCUT2D eigenvalue weighted by Gasteiger charge is -2.46. The van der Waals surface area contributed by atoms with E-state index in [0.29, 0.717) is 17.9 Å². The van der Waals surface area contributed by atoms with Crippen molar-refractivity contribution in [2.45, 2.75) is 45.3 Å². The van der Waals surface area contributed by atoms with Crippen LogP contribution in [0.1, 0.15) is 38.7 Å². The second-order valence-corrected chi connectivity index (χ2v) is 8.74. The molecule has 0 N–H and O–H groups in total. The third-order valence-electron chi connectivity index (χ3n) is 6.66. The van der Waals surface area contributed by atoms with Gasteiger partial charge in [0, 0.05) is 23.2 Å². The van der Waals surface area contributed by atoms with E-state index in [-0.39, 0.29) is 6.17 Å². The normalized spacial score (nSPS) is 21.9. The van der Waals surface area contributed by atoms with E-state index in [2.05, 4.69) is 110 Å². The molecule has 0 aliphatic carbocycles. The number of hydrogen-bond donors (Lipinski definition) is 0. The summed E-state index contributed by atoms with van der Waals surface area (Å²) in [6.45, 7) is 11.0. The van der Waals surface area contributed by atoms with Gasteiger partial charge in [-0.15, -0.1) is 6.58 Å². The molecule has 0 saturated carbocycles. The second-order valence-electron chi connectivity index (χ2n) is 8.74. The highest BCUT2D eigenvalue weighted by Gasteiger charge is 2.48. The summed E-state index contributed by atoms with van der Waals surface area (Å²) in [5.41, 5.74) is 6.11. The predicted octanol–water partition coefficient (Wildman–Crippen LogP) is 6.75. The quantitative estimate of drug-likeness (QED) is 0.455. The summed E-state index contributed by atoms with van der Waals surface area (Å²) in [5.74, 6) is 1.99. The Labute approximate surface area is 179 Å². The van der Waals surface area contributed by atoms with Crippen LogP contribution in [0.5, 0.6) is 0 Å². The van der Waals surface area contributed by atoms with Crippen molar-refractivity contribution in [2.24, 2.45) is 5.92 Å². The van der Waals surface area contributed by atoms with Gasteiger partial charge in [0.1, 0.15) is 6.17 Å². The van der Waals surface area contributed by atoms with Crippen LogP contribution in [0.25, 0.3) is 11.3 Å². The summed E-state index contributed by atoms with van der Waals surface area (Å²) in [6, 6.07) is 24.1. The van der Waals surface area contributed by atoms with Gasteiger partial charge in [-0.1, -0.05) is 61.5 Å². The minimum atomic E-state index is 0.262. The van der Waals surface area contributed by atoms with Crippen LogP contribution in [-0.2, 0) is 0 Å². The zero-order valence-electron chi connectivity index (χ0n) is 18.0. The van der Waals surface area contributed by atoms with Gasteiger partial charge in [0.25, 0.3) is 0 Å². The first-order chi connectivity index (χ1) is 14.6. The lowest BCUT2D eigenvalue weighted by atomic mass is 9.78. The van der Waals surface area contributed by atoms with Gasteiger partial charge < -0.3 is 9.80 Å². The van der Waals surface area contributed by atoms with E-state index in [9.17, 15) is 0 Å². The van der Waals surface area contributed by atoms with Crippen LogP contribution in [0.2, 0.25) is 0 Å². The van der Waals surface area contributed by atoms with Crippen LogP contribution in [0.15, 0.2) is 79.4 Å². The first-order valence-corrected chi connectivity index (χ1v) is 11.0. The molecule has 3 unspecified atom stereocenters. The number of rotatable bonds is 4. The van der Waals surface area contributed by atoms with E-state index < -0.39 is 0 Å². The van der Waals surface area contributed by atoms with E-state index in [1.807, 2.05) is 0 Å². The molecule has 0 bridgehead atoms. The van der Waals surface area contributed by atoms with E-state index in [1.165, 1.54) is 16.9 Å². The monoisotopic (exact) mass is 395 g/mol. The highest BCUT2D eigenvalue weighted by Crippen LogP contribution is 2.54. The molecule has 0 fully saturated rings. The fourth-order valence-corrected chi connectivity index (χ4v) is 5.34. The number of nitrogens with zero attached hydrogens (tertiary/aromatic N) is 3. The summed E-state index contributed by atoms with van der Waals surface area (Å²) in [4.78, 5) is 10.3. The van der Waals surface area contributed by atoms with Crippen molar-refractivity contribution >= 4 is 17.2 Å². The van der Waals surface area contributed by atoms with Crippen LogP contribution in [0, 0.1) is 5.92 Å². The third kappa shape index (κ3) is 2.76. The smallest absolute Gasteiger partial charge is 0.159 e. The van der Waals surface area contributed by atoms with Crippen LogP contribution in [-0.4, -0.2) is 17.2 Å². The van der Waals surface area contributed by atoms with E-state index in [0.717, 1.165) is 23.5 Å². The molecule has 5 rings (SSSR count). The van der Waals surface area contributed by atoms with Crippen LogP contribution >= 0.6 is 0 Å². The lowest BCUT2D eigenvalue weighted by Crippen LogP contribution is -2.52. The first-order valence-electron chi connectivity index (χ1n) is 11.0. The predicted molar refractivity (Wildman–Crippen MR) is 126 cm³/mol. The minimum Gasteiger partial charge on any atom is -0.345 e. The molecule has 30 heavy (non-hydrogen) atoms. The van der Waals surface area contributed by atoms with Gasteiger partial charge in [-0.3, -0.25) is 0 Å². The summed E-state index contributed by atoms with van der Waals surface area (Å²) in [7, 11) is 0. The Morgan fingerprint density at radius 1 is 0.967 bits per heavy atom. The summed E-state index contributed by atoms with van der Waals surface area (Å²) in [5, 5.41) is 0. The van der Waals surface area contributed by atoms with Gasteiger partial charge in [-0.05, 0) is 49.9 Å². The number of aromatic nitrogens is 1. The van der Waals surface area contributed by atoms with E-state index in [4.69, 9.17) is 4.98 Å². The number of para-hydroxylation sites is 1. The number of anilines is 3. The van der Waals surface area contributed by atoms with Crippen LogP contribution < -0.4 is 9.80 Å². The molecule has 0 saturated heterocycles. The average molecular weight is 396 g/mol. The molecule has 2 aliphatic rings. The number of fused-ring (bicyclic) bond motifs is 5. The molecule has 3 heteroatoms. The van der Waals surface area contributed by atoms with E-state index >= 15 is 0 Å². The fourth-order valence-electron chi connectivity index (χ4n) is 5.34. The maximum absolute atomic E-state index is 5.21. The molecule has 3 aromatic rings. The third-order valence-corrected chi connectivity index (χ3v) is 6.66. The molecule has 3 atom stereocenters. The molecule has 0 radical (unpaired) electrons. The standard InChI is InChI=1S/C27H29N3/c1-5-11-21-19(4)27-29(18(2)3)25-17-16-23(20-12-7-6-8-13-20)28-26(25)30(27)24-15-10-9-14-22(21)24/h5-10,12-19,21,27H,1,11H2,2-4H3. The summed E-state index contributed by atoms with van der Waals surface area (Å²) < 4.78 is 0. The lowest BCUT2D eigenvalue weighted by molar-refractivity contribution is 0.344. The van der Waals surface area contributed by atoms with Gasteiger partial charge in [-0.2, -0.15) is 0 Å². The van der Waals surface area contributed by atoms with Gasteiger partial charge in [-0.25, -0.2) is 4.98 Å². The molecule has 1 aromatic heterocycles. The molecule has 3 heterocycles. The number of pyridine rings is 1. The molecular weight excluding hydrogens is 366 g/mol. The van der Waals surface area contributed by atoms with Gasteiger partial charge in [0.15, 0.2) is 5.82 Å². The SMILES string of the molecule is C=CCC1c2ccccc2N2c3nc(-c4ccccc4)ccc3N(C(C)C)C2C1C. The molecule has 2 aromatic carbocycles. The van der Waals surface area contributed by atoms with Crippen molar-refractivity contribution in [1.29, 1.82) is 0 Å². The van der Waals surface area contributed by atoms with Crippen LogP contribution in [0.4, 0.5) is 17.2 Å². The van der Waals surface area contributed by atoms with Crippen LogP contribution in [0.3, 0.4) is 0 Å². The fraction of sp³-hybridized carbons (Fsp3) is 0.296. The molecule has 3 nitrogen and oxygen atoms in total. The maximum Gasteiger partial charge on any atom is 0.159 e. The minimum absolute atomic E-state index is 0.262. The Hall–Kier alpha value is -3.07. The first kappa shape index (κ1) is 18.9. The second kappa shape index (κ2) is 7.32. The summed E-state index contributed by atoms with van der Waals surface area (Å²) >= 11 is 0. The number of hydrogen-bond acceptors (Lipinski definition) is 3. The zero-order chi connectivity index (χ0) is 20.8. The van der Waals surface area contributed by atoms with Crippen molar-refractivity contribution < 1.29 is 0 Å². The Balaban J connectivity index is 1.72. The molecular formula is C27H29N3. The topological polar surface area (TPSA) is 19.4 Å². The Kier molecular flexibility index (Phi) is 4.62. The Morgan fingerprint density at radius 3 is 2.43 bits per heavy atom. The van der Waals surface area contributed by atoms with Gasteiger partial charge in [0.2, 0.25) is 0 Å². The molecule has 2 aliphatic heterocycles. The molecule has 0 amide bonds. The largest absolute Gasteiger partial charge is 0.345 e. The van der Waals surface area contributed by atoms with Gasteiger partial charge >= 0.3 is 0 Å². The van der Waals surface area contributed by atoms with Crippen molar-refractivity contribution in [3.05, 3.63) is 84.9 Å². The van der Waals surface area contributed by atoms with Crippen molar-refractivity contribution in [2.75, 3.05) is 9.80 Å². The maximum atomic E-state index is 5.21. The summed E-state index contributed by atoms with van der Waals surface area (Å²) in [6.07, 6.45) is 3.33. The van der Waals surface area contributed by atoms with Gasteiger partial charge in [0.05, 0.1) is 11.4 Å². The number of allylic oxidation sites excluding steroid dienone is 1. The van der Waals surface area contributed by atoms with Crippen molar-refractivity contribution in [3.8, 4) is 11.3 Å². The van der Waals surface area contributed by atoms with E-state index in [1.54, 1.807) is 0 Å². The highest BCUT2D eigenvalue weighted by atomic mass is 15.5. The zero-order valence-corrected chi connectivity index (χ0v) is 18.0. The highest BCUT2D eigenvalue weighted by molar-refractivity contribution is 5.85. The van der Waals surface area contributed by atoms with Crippen molar-refractivity contribution in [1.82, 2.24) is 4.98 Å². The molecule has 152 valence electrons. The number of benzene rings is 2.